The van der Waals surface area contributed by atoms with Crippen molar-refractivity contribution in [1.29, 1.82) is 0 Å². The van der Waals surface area contributed by atoms with E-state index in [0.29, 0.717) is 22.3 Å². The summed E-state index contributed by atoms with van der Waals surface area (Å²) in [5, 5.41) is 15.9. The Morgan fingerprint density at radius 2 is 1.58 bits per heavy atom. The second kappa shape index (κ2) is 15.6. The maximum atomic E-state index is 11.2. The zero-order valence-corrected chi connectivity index (χ0v) is 22.4. The molecule has 0 aliphatic carbocycles. The van der Waals surface area contributed by atoms with E-state index in [1.165, 1.54) is 24.9 Å². The van der Waals surface area contributed by atoms with E-state index in [0.717, 1.165) is 42.6 Å². The van der Waals surface area contributed by atoms with Gasteiger partial charge in [0.15, 0.2) is 0 Å². The van der Waals surface area contributed by atoms with Crippen molar-refractivity contribution in [3.05, 3.63) is 54.7 Å². The average Bonchev–Trinajstić information content (AvgIpc) is 2.93. The molecule has 10 heteroatoms. The zero-order valence-electron chi connectivity index (χ0n) is 21.5. The average molecular weight is 513 g/mol. The lowest BCUT2D eigenvalue weighted by molar-refractivity contribution is -0.114. The Kier molecular flexibility index (Phi) is 12.5. The highest BCUT2D eigenvalue weighted by atomic mass is 32.2. The predicted octanol–water partition coefficient (Wildman–Crippen LogP) is 6.02. The molecule has 0 saturated carbocycles. The first kappa shape index (κ1) is 28.9. The summed E-state index contributed by atoms with van der Waals surface area (Å²) in [6.45, 7) is 12.7. The molecule has 2 heterocycles. The number of nitrogens with one attached hydrogen (secondary N) is 3. The minimum absolute atomic E-state index is 0.123. The van der Waals surface area contributed by atoms with Crippen LogP contribution >= 0.6 is 11.8 Å². The Balaban J connectivity index is 0.00000109. The van der Waals surface area contributed by atoms with Crippen LogP contribution in [0.25, 0.3) is 0 Å². The van der Waals surface area contributed by atoms with E-state index in [9.17, 15) is 10.0 Å². The van der Waals surface area contributed by atoms with Crippen LogP contribution in [0.15, 0.2) is 64.6 Å². The van der Waals surface area contributed by atoms with Gasteiger partial charge in [-0.25, -0.2) is 9.97 Å². The summed E-state index contributed by atoms with van der Waals surface area (Å²) in [6.07, 6.45) is 1.52. The van der Waals surface area contributed by atoms with Gasteiger partial charge in [0.25, 0.3) is 0 Å². The summed E-state index contributed by atoms with van der Waals surface area (Å²) in [5.74, 6) is 0.294. The van der Waals surface area contributed by atoms with Crippen molar-refractivity contribution >= 4 is 46.4 Å². The van der Waals surface area contributed by atoms with Gasteiger partial charge in [0, 0.05) is 42.0 Å². The molecule has 0 unspecified atom stereocenters. The van der Waals surface area contributed by atoms with Crippen LogP contribution in [0, 0.1) is 0 Å². The number of morpholine rings is 1. The first-order valence-electron chi connectivity index (χ1n) is 12.1. The number of anilines is 5. The summed E-state index contributed by atoms with van der Waals surface area (Å²) in [4.78, 5) is 23.2. The minimum Gasteiger partial charge on any atom is -0.378 e. The fourth-order valence-electron chi connectivity index (χ4n) is 3.21. The van der Waals surface area contributed by atoms with Crippen LogP contribution in [0.1, 0.15) is 34.6 Å². The number of rotatable bonds is 7. The Bertz CT molecular complexity index is 1060. The van der Waals surface area contributed by atoms with Crippen LogP contribution in [-0.4, -0.2) is 47.4 Å². The number of hydrogen-bond donors (Lipinski definition) is 4. The van der Waals surface area contributed by atoms with Crippen molar-refractivity contribution in [2.24, 2.45) is 0 Å². The van der Waals surface area contributed by atoms with Gasteiger partial charge in [-0.05, 0) is 48.5 Å². The molecule has 1 aliphatic heterocycles. The molecule has 4 rings (SSSR count). The third-order valence-electron chi connectivity index (χ3n) is 4.76. The van der Waals surface area contributed by atoms with Crippen molar-refractivity contribution in [2.45, 2.75) is 44.5 Å². The highest BCUT2D eigenvalue weighted by Crippen LogP contribution is 2.33. The molecule has 3 aromatic rings. The Hall–Kier alpha value is -3.34. The van der Waals surface area contributed by atoms with Gasteiger partial charge in [-0.1, -0.05) is 39.5 Å². The second-order valence-corrected chi connectivity index (χ2v) is 8.17. The normalized spacial score (nSPS) is 12.3. The van der Waals surface area contributed by atoms with Crippen molar-refractivity contribution in [3.63, 3.8) is 0 Å². The summed E-state index contributed by atoms with van der Waals surface area (Å²) in [5.41, 5.74) is 5.27. The molecular formula is C26H36N6O3S. The van der Waals surface area contributed by atoms with Crippen molar-refractivity contribution < 1.29 is 14.7 Å². The van der Waals surface area contributed by atoms with Gasteiger partial charge in [0.2, 0.25) is 11.9 Å². The molecular weight excluding hydrogens is 476 g/mol. The maximum Gasteiger partial charge on any atom is 0.228 e. The lowest BCUT2D eigenvalue weighted by atomic mass is 10.2. The number of carbonyl (C=O) groups excluding carboxylic acids is 1. The van der Waals surface area contributed by atoms with E-state index < -0.39 is 0 Å². The lowest BCUT2D eigenvalue weighted by Gasteiger charge is -2.28. The van der Waals surface area contributed by atoms with Crippen LogP contribution in [-0.2, 0) is 9.53 Å². The third-order valence-corrected chi connectivity index (χ3v) is 5.78. The Morgan fingerprint density at radius 1 is 0.972 bits per heavy atom. The SMILES string of the molecule is CC.CC.CC(=O)Nc1ccc(Sc2nc(Nc3ccc(N4CCOCC4)cc3)ncc2NO)cc1. The highest BCUT2D eigenvalue weighted by Gasteiger charge is 2.12. The minimum atomic E-state index is -0.123. The first-order valence-corrected chi connectivity index (χ1v) is 12.9. The zero-order chi connectivity index (χ0) is 26.3. The van der Waals surface area contributed by atoms with Gasteiger partial charge in [-0.15, -0.1) is 0 Å². The van der Waals surface area contributed by atoms with Gasteiger partial charge in [-0.3, -0.25) is 15.5 Å². The standard InChI is InChI=1S/C22H24N6O3S.2C2H6/c1-15(29)24-16-4-8-19(9-5-16)32-21-20(27-30)14-23-22(26-21)25-17-2-6-18(7-3-17)28-10-12-31-13-11-28;2*1-2/h2-9,14,27,30H,10-13H2,1H3,(H,24,29)(H,23,25,26);2*1-2H3. The van der Waals surface area contributed by atoms with Gasteiger partial charge in [0.05, 0.1) is 19.4 Å². The summed E-state index contributed by atoms with van der Waals surface area (Å²) < 4.78 is 5.41. The number of ether oxygens (including phenoxy) is 1. The number of carbonyl (C=O) groups is 1. The fourth-order valence-corrected chi connectivity index (χ4v) is 4.04. The monoisotopic (exact) mass is 512 g/mol. The van der Waals surface area contributed by atoms with Crippen molar-refractivity contribution in [2.75, 3.05) is 47.3 Å². The molecule has 0 bridgehead atoms. The molecule has 1 aliphatic rings. The predicted molar refractivity (Wildman–Crippen MR) is 148 cm³/mol. The molecule has 36 heavy (non-hydrogen) atoms. The molecule has 4 N–H and O–H groups in total. The molecule has 1 amide bonds. The molecule has 0 radical (unpaired) electrons. The van der Waals surface area contributed by atoms with Gasteiger partial charge >= 0.3 is 0 Å². The smallest absolute Gasteiger partial charge is 0.228 e. The van der Waals surface area contributed by atoms with Gasteiger partial charge in [-0.2, -0.15) is 0 Å². The van der Waals surface area contributed by atoms with Crippen LogP contribution in [0.2, 0.25) is 0 Å². The molecule has 9 nitrogen and oxygen atoms in total. The van der Waals surface area contributed by atoms with E-state index in [2.05, 4.69) is 43.1 Å². The third kappa shape index (κ3) is 8.71. The van der Waals surface area contributed by atoms with E-state index in [-0.39, 0.29) is 5.91 Å². The van der Waals surface area contributed by atoms with Crippen molar-refractivity contribution in [3.8, 4) is 0 Å². The molecule has 2 aromatic carbocycles. The molecule has 0 spiro atoms. The second-order valence-electron chi connectivity index (χ2n) is 7.10. The van der Waals surface area contributed by atoms with E-state index in [1.807, 2.05) is 64.1 Å². The maximum absolute atomic E-state index is 11.2. The highest BCUT2D eigenvalue weighted by molar-refractivity contribution is 7.99. The number of benzene rings is 2. The number of nitrogens with zero attached hydrogens (tertiary/aromatic N) is 3. The first-order chi connectivity index (χ1) is 17.6. The van der Waals surface area contributed by atoms with Gasteiger partial charge < -0.3 is 20.3 Å². The number of aromatic nitrogens is 2. The van der Waals surface area contributed by atoms with Crippen molar-refractivity contribution in [1.82, 2.24) is 9.97 Å². The van der Waals surface area contributed by atoms with Crippen LogP contribution in [0.5, 0.6) is 0 Å². The molecule has 0 atom stereocenters. The lowest BCUT2D eigenvalue weighted by Crippen LogP contribution is -2.36. The fraction of sp³-hybridized carbons (Fsp3) is 0.346. The Morgan fingerprint density at radius 3 is 2.17 bits per heavy atom. The molecule has 194 valence electrons. The van der Waals surface area contributed by atoms with Crippen LogP contribution < -0.4 is 21.0 Å². The van der Waals surface area contributed by atoms with Crippen LogP contribution in [0.4, 0.5) is 28.7 Å². The number of hydrogen-bond acceptors (Lipinski definition) is 9. The largest absolute Gasteiger partial charge is 0.378 e. The van der Waals surface area contributed by atoms with Crippen LogP contribution in [0.3, 0.4) is 0 Å². The molecule has 1 aromatic heterocycles. The summed E-state index contributed by atoms with van der Waals surface area (Å²) in [7, 11) is 0. The van der Waals surface area contributed by atoms with E-state index in [1.54, 1.807) is 0 Å². The molecule has 1 fully saturated rings. The van der Waals surface area contributed by atoms with E-state index in [4.69, 9.17) is 4.74 Å². The molecule has 1 saturated heterocycles. The quantitative estimate of drug-likeness (QED) is 0.223. The summed E-state index contributed by atoms with van der Waals surface area (Å²) in [6, 6.07) is 15.5. The number of amides is 1. The summed E-state index contributed by atoms with van der Waals surface area (Å²) >= 11 is 1.37. The topological polar surface area (TPSA) is 112 Å². The Labute approximate surface area is 217 Å². The van der Waals surface area contributed by atoms with Gasteiger partial charge in [0.1, 0.15) is 10.7 Å². The van der Waals surface area contributed by atoms with E-state index >= 15 is 0 Å².